The molecule has 1 aromatic rings. The van der Waals surface area contributed by atoms with E-state index in [1.54, 1.807) is 0 Å². The van der Waals surface area contributed by atoms with Crippen molar-refractivity contribution < 1.29 is 0 Å². The Morgan fingerprint density at radius 2 is 1.95 bits per heavy atom. The molecular formula is C18H31N3. The molecule has 0 spiro atoms. The van der Waals surface area contributed by atoms with Crippen LogP contribution >= 0.6 is 0 Å². The SMILES string of the molecule is CC(CC(CN)N1CCCN(C)CC1C)c1ccccc1. The van der Waals surface area contributed by atoms with Crippen LogP contribution in [-0.4, -0.2) is 55.1 Å². The third-order valence-corrected chi connectivity index (χ3v) is 4.83. The van der Waals surface area contributed by atoms with Crippen LogP contribution in [0.5, 0.6) is 0 Å². The molecule has 3 heteroatoms. The summed E-state index contributed by atoms with van der Waals surface area (Å²) in [6, 6.07) is 11.9. The van der Waals surface area contributed by atoms with Crippen LogP contribution in [0.4, 0.5) is 0 Å². The number of nitrogens with two attached hydrogens (primary N) is 1. The molecule has 0 aromatic heterocycles. The summed E-state index contributed by atoms with van der Waals surface area (Å²) in [5, 5.41) is 0. The van der Waals surface area contributed by atoms with E-state index in [0.717, 1.165) is 19.5 Å². The van der Waals surface area contributed by atoms with Crippen LogP contribution in [0.2, 0.25) is 0 Å². The third kappa shape index (κ3) is 4.53. The zero-order valence-corrected chi connectivity index (χ0v) is 13.8. The van der Waals surface area contributed by atoms with Crippen molar-refractivity contribution in [3.8, 4) is 0 Å². The van der Waals surface area contributed by atoms with Gasteiger partial charge in [0.1, 0.15) is 0 Å². The Morgan fingerprint density at radius 1 is 1.24 bits per heavy atom. The number of rotatable bonds is 5. The highest BCUT2D eigenvalue weighted by molar-refractivity contribution is 5.19. The Bertz CT molecular complexity index is 406. The standard InChI is InChI=1S/C18H31N3/c1-15(17-8-5-4-6-9-17)12-18(13-19)21-11-7-10-20(3)14-16(21)2/h4-6,8-9,15-16,18H,7,10-14,19H2,1-3H3. The maximum absolute atomic E-state index is 6.12. The first-order valence-corrected chi connectivity index (χ1v) is 8.31. The second-order valence-electron chi connectivity index (χ2n) is 6.64. The topological polar surface area (TPSA) is 32.5 Å². The smallest absolute Gasteiger partial charge is 0.0227 e. The first kappa shape index (κ1) is 16.5. The van der Waals surface area contributed by atoms with Crippen LogP contribution in [0, 0.1) is 0 Å². The minimum absolute atomic E-state index is 0.488. The van der Waals surface area contributed by atoms with Crippen molar-refractivity contribution in [3.63, 3.8) is 0 Å². The number of hydrogen-bond donors (Lipinski definition) is 1. The van der Waals surface area contributed by atoms with Crippen LogP contribution < -0.4 is 5.73 Å². The lowest BCUT2D eigenvalue weighted by molar-refractivity contribution is 0.135. The predicted molar refractivity (Wildman–Crippen MR) is 90.6 cm³/mol. The van der Waals surface area contributed by atoms with Crippen LogP contribution in [0.3, 0.4) is 0 Å². The van der Waals surface area contributed by atoms with E-state index in [1.165, 1.54) is 25.1 Å². The highest BCUT2D eigenvalue weighted by Crippen LogP contribution is 2.24. The van der Waals surface area contributed by atoms with Gasteiger partial charge in [0.05, 0.1) is 0 Å². The van der Waals surface area contributed by atoms with E-state index in [2.05, 4.69) is 61.0 Å². The maximum Gasteiger partial charge on any atom is 0.0227 e. The second-order valence-corrected chi connectivity index (χ2v) is 6.64. The Kier molecular flexibility index (Phi) is 6.22. The quantitative estimate of drug-likeness (QED) is 0.904. The first-order chi connectivity index (χ1) is 10.1. The number of benzene rings is 1. The van der Waals surface area contributed by atoms with E-state index >= 15 is 0 Å². The maximum atomic E-state index is 6.12. The molecule has 2 N–H and O–H groups in total. The minimum atomic E-state index is 0.488. The Hall–Kier alpha value is -0.900. The Morgan fingerprint density at radius 3 is 2.62 bits per heavy atom. The van der Waals surface area contributed by atoms with Gasteiger partial charge in [0.2, 0.25) is 0 Å². The molecular weight excluding hydrogens is 258 g/mol. The van der Waals surface area contributed by atoms with Gasteiger partial charge < -0.3 is 10.6 Å². The summed E-state index contributed by atoms with van der Waals surface area (Å²) in [6.45, 7) is 8.95. The fourth-order valence-corrected chi connectivity index (χ4v) is 3.63. The van der Waals surface area contributed by atoms with Crippen molar-refractivity contribution in [1.82, 2.24) is 9.80 Å². The molecule has 0 amide bonds. The molecule has 2 rings (SSSR count). The molecule has 3 unspecified atom stereocenters. The van der Waals surface area contributed by atoms with Crippen molar-refractivity contribution in [2.24, 2.45) is 5.73 Å². The monoisotopic (exact) mass is 289 g/mol. The van der Waals surface area contributed by atoms with Gasteiger partial charge in [0, 0.05) is 31.7 Å². The molecule has 118 valence electrons. The lowest BCUT2D eigenvalue weighted by Crippen LogP contribution is -2.48. The lowest BCUT2D eigenvalue weighted by Gasteiger charge is -2.36. The van der Waals surface area contributed by atoms with E-state index < -0.39 is 0 Å². The van der Waals surface area contributed by atoms with Gasteiger partial charge in [0.15, 0.2) is 0 Å². The Balaban J connectivity index is 2.01. The number of nitrogens with zero attached hydrogens (tertiary/aromatic N) is 2. The second kappa shape index (κ2) is 7.92. The van der Waals surface area contributed by atoms with E-state index in [4.69, 9.17) is 5.73 Å². The summed E-state index contributed by atoms with van der Waals surface area (Å²) >= 11 is 0. The van der Waals surface area contributed by atoms with Gasteiger partial charge in [-0.1, -0.05) is 37.3 Å². The molecule has 3 nitrogen and oxygen atoms in total. The average molecular weight is 289 g/mol. The van der Waals surface area contributed by atoms with Crippen molar-refractivity contribution >= 4 is 0 Å². The van der Waals surface area contributed by atoms with Crippen LogP contribution in [-0.2, 0) is 0 Å². The van der Waals surface area contributed by atoms with E-state index in [0.29, 0.717) is 18.0 Å². The minimum Gasteiger partial charge on any atom is -0.329 e. The Labute approximate surface area is 130 Å². The largest absolute Gasteiger partial charge is 0.329 e. The summed E-state index contributed by atoms with van der Waals surface area (Å²) in [5.74, 6) is 0.563. The van der Waals surface area contributed by atoms with E-state index in [9.17, 15) is 0 Å². The van der Waals surface area contributed by atoms with Gasteiger partial charge in [-0.05, 0) is 44.8 Å². The molecule has 0 radical (unpaired) electrons. The molecule has 1 aliphatic rings. The molecule has 0 saturated carbocycles. The zero-order valence-electron chi connectivity index (χ0n) is 13.8. The molecule has 21 heavy (non-hydrogen) atoms. The molecule has 3 atom stereocenters. The van der Waals surface area contributed by atoms with Gasteiger partial charge in [-0.2, -0.15) is 0 Å². The zero-order chi connectivity index (χ0) is 15.2. The summed E-state index contributed by atoms with van der Waals surface area (Å²) in [6.07, 6.45) is 2.39. The summed E-state index contributed by atoms with van der Waals surface area (Å²) in [4.78, 5) is 5.09. The summed E-state index contributed by atoms with van der Waals surface area (Å²) in [7, 11) is 2.23. The average Bonchev–Trinajstić information content (AvgIpc) is 2.66. The van der Waals surface area contributed by atoms with Crippen molar-refractivity contribution in [3.05, 3.63) is 35.9 Å². The fraction of sp³-hybridized carbons (Fsp3) is 0.667. The van der Waals surface area contributed by atoms with Crippen molar-refractivity contribution in [2.75, 3.05) is 33.2 Å². The fourth-order valence-electron chi connectivity index (χ4n) is 3.63. The normalized spacial score (nSPS) is 24.5. The molecule has 0 bridgehead atoms. The predicted octanol–water partition coefficient (Wildman–Crippen LogP) is 2.53. The van der Waals surface area contributed by atoms with Crippen LogP contribution in [0.15, 0.2) is 30.3 Å². The molecule has 1 aromatic carbocycles. The van der Waals surface area contributed by atoms with Gasteiger partial charge in [-0.25, -0.2) is 0 Å². The summed E-state index contributed by atoms with van der Waals surface area (Å²) in [5.41, 5.74) is 7.55. The third-order valence-electron chi connectivity index (χ3n) is 4.83. The highest BCUT2D eigenvalue weighted by atomic mass is 15.2. The highest BCUT2D eigenvalue weighted by Gasteiger charge is 2.27. The molecule has 1 aliphatic heterocycles. The summed E-state index contributed by atoms with van der Waals surface area (Å²) < 4.78 is 0. The molecule has 1 heterocycles. The van der Waals surface area contributed by atoms with Gasteiger partial charge >= 0.3 is 0 Å². The van der Waals surface area contributed by atoms with Gasteiger partial charge in [-0.15, -0.1) is 0 Å². The van der Waals surface area contributed by atoms with E-state index in [1.807, 2.05) is 0 Å². The van der Waals surface area contributed by atoms with Gasteiger partial charge in [0.25, 0.3) is 0 Å². The van der Waals surface area contributed by atoms with Crippen molar-refractivity contribution in [1.29, 1.82) is 0 Å². The number of likely N-dealkylation sites (N-methyl/N-ethyl adjacent to an activating group) is 1. The van der Waals surface area contributed by atoms with Gasteiger partial charge in [-0.3, -0.25) is 4.90 Å². The first-order valence-electron chi connectivity index (χ1n) is 8.31. The molecule has 0 aliphatic carbocycles. The van der Waals surface area contributed by atoms with E-state index in [-0.39, 0.29) is 0 Å². The van der Waals surface area contributed by atoms with Crippen molar-refractivity contribution in [2.45, 2.75) is 44.7 Å². The molecule has 1 saturated heterocycles. The number of hydrogen-bond acceptors (Lipinski definition) is 3. The van der Waals surface area contributed by atoms with Crippen LogP contribution in [0.1, 0.15) is 38.2 Å². The van der Waals surface area contributed by atoms with Crippen LogP contribution in [0.25, 0.3) is 0 Å². The molecule has 1 fully saturated rings. The lowest BCUT2D eigenvalue weighted by atomic mass is 9.92.